The topological polar surface area (TPSA) is 105 Å². The summed E-state index contributed by atoms with van der Waals surface area (Å²) in [4.78, 5) is 21.6. The van der Waals surface area contributed by atoms with Crippen molar-refractivity contribution in [2.75, 3.05) is 49.2 Å². The van der Waals surface area contributed by atoms with Crippen LogP contribution in [0.25, 0.3) is 5.69 Å². The molecule has 1 unspecified atom stereocenters. The molecule has 2 aromatic heterocycles. The Bertz CT molecular complexity index is 1840. The highest BCUT2D eigenvalue weighted by molar-refractivity contribution is 6.30. The normalized spacial score (nSPS) is 20.3. The summed E-state index contributed by atoms with van der Waals surface area (Å²) in [6.07, 6.45) is 5.32. The largest absolute Gasteiger partial charge is 0.491 e. The number of rotatable bonds is 11. The number of piperazine rings is 1. The molecule has 2 fully saturated rings. The molecule has 0 bridgehead atoms. The lowest BCUT2D eigenvalue weighted by atomic mass is 10.1. The van der Waals surface area contributed by atoms with Crippen molar-refractivity contribution in [3.05, 3.63) is 113 Å². The minimum Gasteiger partial charge on any atom is -0.491 e. The van der Waals surface area contributed by atoms with Crippen LogP contribution in [0.3, 0.4) is 0 Å². The standard InChI is InChI=1S/C35H39ClN8O4/c1-3-26(2)44-34(45)43(25-39-44)31-10-8-29(9-11-31)40-16-18-41(19-17-40)30-12-14-32(15-13-30)46-20-33-21-47-35(48-33,22-42-24-37-23-38-42)27-4-6-28(36)7-5-27/h4-15,23-26,33H,3,16-22H2,1-2H3/t26?,33-,35-/m0/s1. The molecule has 5 aromatic rings. The first kappa shape index (κ1) is 31.9. The van der Waals surface area contributed by atoms with Crippen molar-refractivity contribution in [1.29, 1.82) is 0 Å². The third-order valence-corrected chi connectivity index (χ3v) is 9.34. The van der Waals surface area contributed by atoms with Crippen molar-refractivity contribution in [2.45, 2.75) is 44.7 Å². The summed E-state index contributed by atoms with van der Waals surface area (Å²) in [5.74, 6) is -0.243. The average Bonchev–Trinajstić information content (AvgIpc) is 3.89. The molecular formula is C35H39ClN8O4. The van der Waals surface area contributed by atoms with Gasteiger partial charge in [-0.05, 0) is 74.0 Å². The van der Waals surface area contributed by atoms with Crippen LogP contribution in [-0.4, -0.2) is 74.6 Å². The van der Waals surface area contributed by atoms with Crippen LogP contribution in [-0.2, 0) is 21.8 Å². The molecular weight excluding hydrogens is 632 g/mol. The zero-order chi connectivity index (χ0) is 33.1. The fraction of sp³-hybridized carbons (Fsp3) is 0.371. The van der Waals surface area contributed by atoms with Crippen LogP contribution in [0.2, 0.25) is 5.02 Å². The first-order valence-electron chi connectivity index (χ1n) is 16.3. The summed E-state index contributed by atoms with van der Waals surface area (Å²) < 4.78 is 23.7. The van der Waals surface area contributed by atoms with Crippen LogP contribution < -0.4 is 20.2 Å². The van der Waals surface area contributed by atoms with Gasteiger partial charge in [0, 0.05) is 48.1 Å². The molecule has 0 radical (unpaired) electrons. The monoisotopic (exact) mass is 670 g/mol. The summed E-state index contributed by atoms with van der Waals surface area (Å²) >= 11 is 6.14. The van der Waals surface area contributed by atoms with Crippen LogP contribution in [0.1, 0.15) is 31.9 Å². The Morgan fingerprint density at radius 1 is 0.896 bits per heavy atom. The van der Waals surface area contributed by atoms with Gasteiger partial charge < -0.3 is 24.0 Å². The van der Waals surface area contributed by atoms with Crippen molar-refractivity contribution in [1.82, 2.24) is 29.1 Å². The SMILES string of the molecule is CCC(C)n1ncn(-c2ccc(N3CCN(c4ccc(OC[C@H]5CO[C@](Cn6cncn6)(c6ccc(Cl)cc6)O5)cc4)CC3)cc2)c1=O. The maximum absolute atomic E-state index is 12.8. The van der Waals surface area contributed by atoms with Crippen LogP contribution in [0, 0.1) is 0 Å². The number of anilines is 2. The quantitative estimate of drug-likeness (QED) is 0.194. The smallest absolute Gasteiger partial charge is 0.350 e. The van der Waals surface area contributed by atoms with Gasteiger partial charge in [-0.25, -0.2) is 23.7 Å². The molecule has 2 saturated heterocycles. The molecule has 0 amide bonds. The Balaban J connectivity index is 0.916. The highest BCUT2D eigenvalue weighted by Gasteiger charge is 2.44. The number of aromatic nitrogens is 6. The van der Waals surface area contributed by atoms with E-state index in [1.54, 1.807) is 26.6 Å². The van der Waals surface area contributed by atoms with Gasteiger partial charge in [0.15, 0.2) is 0 Å². The van der Waals surface area contributed by atoms with Gasteiger partial charge in [-0.3, -0.25) is 0 Å². The van der Waals surface area contributed by atoms with E-state index in [0.717, 1.165) is 61.0 Å². The molecule has 3 atom stereocenters. The highest BCUT2D eigenvalue weighted by Crippen LogP contribution is 2.37. The maximum atomic E-state index is 12.8. The Morgan fingerprint density at radius 2 is 1.54 bits per heavy atom. The first-order valence-corrected chi connectivity index (χ1v) is 16.7. The van der Waals surface area contributed by atoms with Gasteiger partial charge in [-0.1, -0.05) is 30.7 Å². The van der Waals surface area contributed by atoms with Crippen LogP contribution >= 0.6 is 11.6 Å². The summed E-state index contributed by atoms with van der Waals surface area (Å²) in [5.41, 5.74) is 3.86. The number of halogens is 1. The fourth-order valence-electron chi connectivity index (χ4n) is 6.16. The lowest BCUT2D eigenvalue weighted by molar-refractivity contribution is -0.190. The number of benzene rings is 3. The van der Waals surface area contributed by atoms with Crippen LogP contribution in [0.4, 0.5) is 11.4 Å². The van der Waals surface area contributed by atoms with Crippen molar-refractivity contribution in [3.8, 4) is 11.4 Å². The van der Waals surface area contributed by atoms with Gasteiger partial charge in [0.05, 0.1) is 18.3 Å². The van der Waals surface area contributed by atoms with Gasteiger partial charge >= 0.3 is 5.69 Å². The Kier molecular flexibility index (Phi) is 9.20. The van der Waals surface area contributed by atoms with E-state index in [0.29, 0.717) is 24.8 Å². The second-order valence-corrected chi connectivity index (χ2v) is 12.6. The summed E-state index contributed by atoms with van der Waals surface area (Å²) in [5, 5.41) is 9.19. The molecule has 0 aliphatic carbocycles. The third kappa shape index (κ3) is 6.69. The van der Waals surface area contributed by atoms with E-state index in [-0.39, 0.29) is 17.8 Å². The maximum Gasteiger partial charge on any atom is 0.350 e. The molecule has 7 rings (SSSR count). The molecule has 2 aliphatic rings. The van der Waals surface area contributed by atoms with Crippen molar-refractivity contribution in [3.63, 3.8) is 0 Å². The molecule has 13 heteroatoms. The van der Waals surface area contributed by atoms with Crippen LogP contribution in [0.5, 0.6) is 5.75 Å². The van der Waals surface area contributed by atoms with Gasteiger partial charge in [0.2, 0.25) is 5.79 Å². The number of hydrogen-bond acceptors (Lipinski definition) is 9. The van der Waals surface area contributed by atoms with E-state index in [9.17, 15) is 4.79 Å². The van der Waals surface area contributed by atoms with E-state index >= 15 is 0 Å². The highest BCUT2D eigenvalue weighted by atomic mass is 35.5. The molecule has 250 valence electrons. The lowest BCUT2D eigenvalue weighted by Crippen LogP contribution is -2.46. The first-order chi connectivity index (χ1) is 23.4. The molecule has 48 heavy (non-hydrogen) atoms. The summed E-state index contributed by atoms with van der Waals surface area (Å²) in [6.45, 7) is 8.72. The predicted octanol–water partition coefficient (Wildman–Crippen LogP) is 4.92. The molecule has 2 aliphatic heterocycles. The van der Waals surface area contributed by atoms with E-state index in [4.69, 9.17) is 25.8 Å². The third-order valence-electron chi connectivity index (χ3n) is 9.09. The van der Waals surface area contributed by atoms with Crippen molar-refractivity contribution in [2.24, 2.45) is 0 Å². The van der Waals surface area contributed by atoms with E-state index in [1.165, 1.54) is 6.33 Å². The molecule has 0 N–H and O–H groups in total. The summed E-state index contributed by atoms with van der Waals surface area (Å²) in [6, 6.07) is 23.9. The zero-order valence-electron chi connectivity index (χ0n) is 27.1. The molecule has 4 heterocycles. The Hall–Kier alpha value is -4.65. The summed E-state index contributed by atoms with van der Waals surface area (Å²) in [7, 11) is 0. The second kappa shape index (κ2) is 13.8. The number of ether oxygens (including phenoxy) is 3. The van der Waals surface area contributed by atoms with E-state index in [1.807, 2.05) is 55.5 Å². The lowest BCUT2D eigenvalue weighted by Gasteiger charge is -2.37. The average molecular weight is 671 g/mol. The Morgan fingerprint density at radius 3 is 2.17 bits per heavy atom. The predicted molar refractivity (Wildman–Crippen MR) is 183 cm³/mol. The molecule has 12 nitrogen and oxygen atoms in total. The van der Waals surface area contributed by atoms with Gasteiger partial charge in [-0.2, -0.15) is 10.2 Å². The van der Waals surface area contributed by atoms with E-state index in [2.05, 4.69) is 56.2 Å². The second-order valence-electron chi connectivity index (χ2n) is 12.2. The molecule has 3 aromatic carbocycles. The molecule has 0 saturated carbocycles. The van der Waals surface area contributed by atoms with Gasteiger partial charge in [-0.15, -0.1) is 0 Å². The Labute approximate surface area is 284 Å². The van der Waals surface area contributed by atoms with Crippen molar-refractivity contribution < 1.29 is 14.2 Å². The zero-order valence-corrected chi connectivity index (χ0v) is 27.8. The minimum atomic E-state index is -1.02. The van der Waals surface area contributed by atoms with Crippen LogP contribution in [0.15, 0.2) is 96.6 Å². The number of hydrogen-bond donors (Lipinski definition) is 0. The van der Waals surface area contributed by atoms with Gasteiger partial charge in [0.1, 0.15) is 44.0 Å². The van der Waals surface area contributed by atoms with Crippen molar-refractivity contribution >= 4 is 23.0 Å². The van der Waals surface area contributed by atoms with Gasteiger partial charge in [0.25, 0.3) is 0 Å². The number of nitrogens with zero attached hydrogens (tertiary/aromatic N) is 8. The van der Waals surface area contributed by atoms with E-state index < -0.39 is 5.79 Å². The minimum absolute atomic E-state index is 0.0687. The molecule has 0 spiro atoms. The fourth-order valence-corrected chi connectivity index (χ4v) is 6.29.